The van der Waals surface area contributed by atoms with Crippen molar-refractivity contribution in [2.45, 2.75) is 37.7 Å². The largest absolute Gasteiger partial charge is 0.494 e. The Labute approximate surface area is 224 Å². The lowest BCUT2D eigenvalue weighted by Gasteiger charge is -2.42. The normalized spacial score (nSPS) is 18.0. The van der Waals surface area contributed by atoms with Crippen molar-refractivity contribution in [2.75, 3.05) is 19.6 Å². The molecule has 0 bridgehead atoms. The molecule has 3 aromatic carbocycles. The minimum Gasteiger partial charge on any atom is -0.494 e. The molecule has 1 fully saturated rings. The summed E-state index contributed by atoms with van der Waals surface area (Å²) >= 11 is 0. The highest BCUT2D eigenvalue weighted by molar-refractivity contribution is 5.95. The van der Waals surface area contributed by atoms with Gasteiger partial charge in [0, 0.05) is 36.7 Å². The van der Waals surface area contributed by atoms with Crippen LogP contribution in [0.3, 0.4) is 0 Å². The van der Waals surface area contributed by atoms with Crippen molar-refractivity contribution in [3.05, 3.63) is 120 Å². The lowest BCUT2D eigenvalue weighted by Crippen LogP contribution is -2.54. The van der Waals surface area contributed by atoms with E-state index < -0.39 is 5.60 Å². The number of rotatable bonds is 7. The lowest BCUT2D eigenvalue weighted by molar-refractivity contribution is -0.136. The molecule has 2 aliphatic heterocycles. The van der Waals surface area contributed by atoms with Crippen LogP contribution < -0.4 is 5.43 Å². The van der Waals surface area contributed by atoms with Crippen molar-refractivity contribution >= 4 is 17.2 Å². The third-order valence-corrected chi connectivity index (χ3v) is 7.56. The highest BCUT2D eigenvalue weighted by Gasteiger charge is 2.37. The number of allylic oxidation sites excluding steroid dienone is 2. The van der Waals surface area contributed by atoms with Gasteiger partial charge in [-0.15, -0.1) is 0 Å². The molecule has 1 amide bonds. The molecule has 0 saturated carbocycles. The minimum absolute atomic E-state index is 0.0483. The van der Waals surface area contributed by atoms with E-state index in [2.05, 4.69) is 24.5 Å². The van der Waals surface area contributed by atoms with Gasteiger partial charge in [0.15, 0.2) is 0 Å². The number of β-amino-alcohol motifs (C(OH)–C–C–N with tert-alkyl or cyclic N) is 1. The quantitative estimate of drug-likeness (QED) is 0.402. The summed E-state index contributed by atoms with van der Waals surface area (Å²) < 4.78 is 0. The SMILES string of the molecule is CC(CC(=O)N1CCC(O)(CN2NC(c3ccccc3)=C(c3ccccc3)C=C2O)CC1)c1ccccc1. The molecule has 1 unspecified atom stereocenters. The summed E-state index contributed by atoms with van der Waals surface area (Å²) in [7, 11) is 0. The first-order chi connectivity index (χ1) is 18.4. The van der Waals surface area contributed by atoms with Crippen molar-refractivity contribution in [1.29, 1.82) is 0 Å². The number of nitrogens with zero attached hydrogens (tertiary/aromatic N) is 2. The van der Waals surface area contributed by atoms with Gasteiger partial charge in [0.25, 0.3) is 0 Å². The van der Waals surface area contributed by atoms with E-state index >= 15 is 0 Å². The number of aliphatic hydroxyl groups excluding tert-OH is 1. The van der Waals surface area contributed by atoms with E-state index in [1.807, 2.05) is 83.8 Å². The zero-order chi connectivity index (χ0) is 26.5. The van der Waals surface area contributed by atoms with E-state index in [9.17, 15) is 15.0 Å². The Balaban J connectivity index is 1.26. The fraction of sp³-hybridized carbons (Fsp3) is 0.281. The van der Waals surface area contributed by atoms with Gasteiger partial charge in [0.2, 0.25) is 11.8 Å². The Morgan fingerprint density at radius 2 is 1.45 bits per heavy atom. The Morgan fingerprint density at radius 3 is 2.05 bits per heavy atom. The van der Waals surface area contributed by atoms with Crippen LogP contribution in [-0.4, -0.2) is 51.3 Å². The van der Waals surface area contributed by atoms with Crippen LogP contribution in [0.5, 0.6) is 0 Å². The maximum atomic E-state index is 13.0. The number of nitrogens with one attached hydrogen (secondary N) is 1. The van der Waals surface area contributed by atoms with Gasteiger partial charge in [-0.25, -0.2) is 0 Å². The molecule has 0 radical (unpaired) electrons. The van der Waals surface area contributed by atoms with Crippen molar-refractivity contribution in [1.82, 2.24) is 15.3 Å². The summed E-state index contributed by atoms with van der Waals surface area (Å²) in [5.74, 6) is 0.308. The van der Waals surface area contributed by atoms with E-state index in [1.165, 1.54) is 0 Å². The van der Waals surface area contributed by atoms with Gasteiger partial charge < -0.3 is 15.1 Å². The van der Waals surface area contributed by atoms with Crippen LogP contribution in [0.15, 0.2) is 103 Å². The van der Waals surface area contributed by atoms with Crippen LogP contribution in [0, 0.1) is 0 Å². The molecular weight excluding hydrogens is 474 g/mol. The Hall–Kier alpha value is -4.03. The summed E-state index contributed by atoms with van der Waals surface area (Å²) in [6.07, 6.45) is 3.09. The van der Waals surface area contributed by atoms with E-state index in [0.29, 0.717) is 32.4 Å². The van der Waals surface area contributed by atoms with E-state index in [-0.39, 0.29) is 24.3 Å². The van der Waals surface area contributed by atoms with Gasteiger partial charge in [-0.1, -0.05) is 97.9 Å². The van der Waals surface area contributed by atoms with Crippen molar-refractivity contribution in [3.8, 4) is 0 Å². The molecule has 0 spiro atoms. The van der Waals surface area contributed by atoms with Crippen molar-refractivity contribution < 1.29 is 15.0 Å². The van der Waals surface area contributed by atoms with Gasteiger partial charge >= 0.3 is 0 Å². The molecule has 1 saturated heterocycles. The number of hydrazine groups is 1. The molecule has 6 heteroatoms. The monoisotopic (exact) mass is 509 g/mol. The Morgan fingerprint density at radius 1 is 0.895 bits per heavy atom. The zero-order valence-corrected chi connectivity index (χ0v) is 21.8. The fourth-order valence-electron chi connectivity index (χ4n) is 5.24. The number of carbonyl (C=O) groups is 1. The van der Waals surface area contributed by atoms with Gasteiger partial charge in [0.1, 0.15) is 0 Å². The number of hydrogen-bond donors (Lipinski definition) is 3. The van der Waals surface area contributed by atoms with Gasteiger partial charge in [-0.2, -0.15) is 0 Å². The molecule has 3 aromatic rings. The first-order valence-corrected chi connectivity index (χ1v) is 13.3. The average molecular weight is 510 g/mol. The Kier molecular flexibility index (Phi) is 7.52. The molecular formula is C32H35N3O3. The molecule has 2 aliphatic rings. The van der Waals surface area contributed by atoms with Crippen molar-refractivity contribution in [2.24, 2.45) is 0 Å². The molecule has 38 heavy (non-hydrogen) atoms. The fourth-order valence-corrected chi connectivity index (χ4v) is 5.24. The summed E-state index contributed by atoms with van der Waals surface area (Å²) in [4.78, 5) is 14.8. The molecule has 1 atom stereocenters. The van der Waals surface area contributed by atoms with Crippen LogP contribution >= 0.6 is 0 Å². The third kappa shape index (κ3) is 5.76. The molecule has 6 nitrogen and oxygen atoms in total. The maximum absolute atomic E-state index is 13.0. The van der Waals surface area contributed by atoms with Gasteiger partial charge in [-0.3, -0.25) is 15.2 Å². The maximum Gasteiger partial charge on any atom is 0.223 e. The molecule has 5 rings (SSSR count). The first kappa shape index (κ1) is 25.6. The first-order valence-electron chi connectivity index (χ1n) is 13.3. The molecule has 2 heterocycles. The smallest absolute Gasteiger partial charge is 0.223 e. The van der Waals surface area contributed by atoms with Gasteiger partial charge in [0.05, 0.1) is 17.8 Å². The predicted octanol–water partition coefficient (Wildman–Crippen LogP) is 5.32. The molecule has 0 aliphatic carbocycles. The van der Waals surface area contributed by atoms with Crippen molar-refractivity contribution in [3.63, 3.8) is 0 Å². The lowest BCUT2D eigenvalue weighted by atomic mass is 9.90. The number of likely N-dealkylation sites (tertiary alicyclic amines) is 1. The van der Waals surface area contributed by atoms with Crippen LogP contribution in [0.2, 0.25) is 0 Å². The molecule has 3 N–H and O–H groups in total. The summed E-state index contributed by atoms with van der Waals surface area (Å²) in [6.45, 7) is 3.26. The van der Waals surface area contributed by atoms with E-state index in [4.69, 9.17) is 0 Å². The highest BCUT2D eigenvalue weighted by Crippen LogP contribution is 2.33. The average Bonchev–Trinajstić information content (AvgIpc) is 2.95. The predicted molar refractivity (Wildman–Crippen MR) is 150 cm³/mol. The minimum atomic E-state index is -1.04. The number of carbonyl (C=O) groups excluding carboxylic acids is 1. The number of piperidine rings is 1. The zero-order valence-electron chi connectivity index (χ0n) is 21.8. The number of amides is 1. The summed E-state index contributed by atoms with van der Waals surface area (Å²) in [6, 6.07) is 30.0. The van der Waals surface area contributed by atoms with E-state index in [1.54, 1.807) is 11.1 Å². The number of benzene rings is 3. The standard InChI is InChI=1S/C32H35N3O3/c1-24(25-11-5-2-6-12-25)21-29(36)34-19-17-32(38,18-20-34)23-35-30(37)22-28(26-13-7-3-8-14-26)31(33-35)27-15-9-4-10-16-27/h2-16,22,24,33,37-38H,17-21,23H2,1H3. The van der Waals surface area contributed by atoms with Crippen LogP contribution in [-0.2, 0) is 4.79 Å². The van der Waals surface area contributed by atoms with E-state index in [0.717, 1.165) is 28.0 Å². The summed E-state index contributed by atoms with van der Waals surface area (Å²) in [5.41, 5.74) is 7.21. The van der Waals surface area contributed by atoms with Crippen LogP contribution in [0.25, 0.3) is 11.3 Å². The summed E-state index contributed by atoms with van der Waals surface area (Å²) in [5, 5.41) is 24.1. The topological polar surface area (TPSA) is 76.0 Å². The van der Waals surface area contributed by atoms with Crippen LogP contribution in [0.4, 0.5) is 0 Å². The van der Waals surface area contributed by atoms with Crippen LogP contribution in [0.1, 0.15) is 48.8 Å². The second kappa shape index (κ2) is 11.2. The second-order valence-corrected chi connectivity index (χ2v) is 10.3. The molecule has 0 aromatic heterocycles. The Bertz CT molecular complexity index is 1300. The van der Waals surface area contributed by atoms with Gasteiger partial charge in [-0.05, 0) is 29.9 Å². The second-order valence-electron chi connectivity index (χ2n) is 10.3. The third-order valence-electron chi connectivity index (χ3n) is 7.56. The number of aliphatic hydroxyl groups is 2. The highest BCUT2D eigenvalue weighted by atomic mass is 16.3. The number of hydrogen-bond acceptors (Lipinski definition) is 5. The molecule has 196 valence electrons.